The molecule has 0 aliphatic rings. The van der Waals surface area contributed by atoms with Gasteiger partial charge in [-0.15, -0.1) is 0 Å². The van der Waals surface area contributed by atoms with Crippen molar-refractivity contribution in [3.63, 3.8) is 0 Å². The normalized spacial score (nSPS) is 10.5. The number of hydrogen-bond acceptors (Lipinski definition) is 0. The molecule has 0 saturated heterocycles. The summed E-state index contributed by atoms with van der Waals surface area (Å²) in [5, 5.41) is 2.66. The first-order valence-corrected chi connectivity index (χ1v) is 4.99. The molecule has 2 rings (SSSR count). The zero-order valence-corrected chi connectivity index (χ0v) is 9.00. The highest BCUT2D eigenvalue weighted by Gasteiger charge is 1.93. The van der Waals surface area contributed by atoms with Crippen molar-refractivity contribution in [2.24, 2.45) is 0 Å². The minimum atomic E-state index is 1.30. The average molecular weight is 268 g/mol. The van der Waals surface area contributed by atoms with Crippen molar-refractivity contribution in [3.8, 4) is 0 Å². The Hall–Kier alpha value is -0.570. The van der Waals surface area contributed by atoms with Crippen molar-refractivity contribution in [2.45, 2.75) is 6.92 Å². The van der Waals surface area contributed by atoms with Gasteiger partial charge in [-0.25, -0.2) is 0 Å². The molecule has 0 unspecified atom stereocenters. The Morgan fingerprint density at radius 2 is 1.58 bits per heavy atom. The first kappa shape index (κ1) is 8.05. The molecule has 60 valence electrons. The second kappa shape index (κ2) is 3.05. The number of rotatable bonds is 0. The van der Waals surface area contributed by atoms with Crippen molar-refractivity contribution in [1.82, 2.24) is 0 Å². The van der Waals surface area contributed by atoms with Gasteiger partial charge in [-0.2, -0.15) is 0 Å². The summed E-state index contributed by atoms with van der Waals surface area (Å²) in [4.78, 5) is 0. The summed E-state index contributed by atoms with van der Waals surface area (Å²) in [7, 11) is 0. The van der Waals surface area contributed by atoms with Crippen LogP contribution in [0.2, 0.25) is 0 Å². The van der Waals surface area contributed by atoms with Gasteiger partial charge in [0.25, 0.3) is 0 Å². The summed E-state index contributed by atoms with van der Waals surface area (Å²) in [5.41, 5.74) is 1.32. The molecule has 0 fully saturated rings. The van der Waals surface area contributed by atoms with Crippen LogP contribution in [-0.4, -0.2) is 0 Å². The molecule has 0 heterocycles. The molecule has 0 aliphatic carbocycles. The van der Waals surface area contributed by atoms with Crippen molar-refractivity contribution in [1.29, 1.82) is 0 Å². The van der Waals surface area contributed by atoms with Crippen molar-refractivity contribution >= 4 is 33.4 Å². The van der Waals surface area contributed by atoms with Crippen LogP contribution in [0.3, 0.4) is 0 Å². The molecule has 0 radical (unpaired) electrons. The Labute approximate surface area is 85.7 Å². The minimum absolute atomic E-state index is 1.30. The highest BCUT2D eigenvalue weighted by molar-refractivity contribution is 14.1. The molecular formula is C11H9I. The van der Waals surface area contributed by atoms with Crippen LogP contribution in [0.25, 0.3) is 10.8 Å². The summed E-state index contributed by atoms with van der Waals surface area (Å²) in [6, 6.07) is 13.1. The number of aryl methyl sites for hydroxylation is 1. The SMILES string of the molecule is Cc1ccc2cc(I)ccc2c1. The van der Waals surface area contributed by atoms with Crippen LogP contribution in [0.5, 0.6) is 0 Å². The molecule has 0 N–H and O–H groups in total. The van der Waals surface area contributed by atoms with Crippen LogP contribution in [-0.2, 0) is 0 Å². The molecular weight excluding hydrogens is 259 g/mol. The Bertz CT molecular complexity index is 377. The summed E-state index contributed by atoms with van der Waals surface area (Å²) < 4.78 is 1.30. The molecule has 0 saturated carbocycles. The third kappa shape index (κ3) is 1.46. The molecule has 0 spiro atoms. The summed E-state index contributed by atoms with van der Waals surface area (Å²) in [5.74, 6) is 0. The summed E-state index contributed by atoms with van der Waals surface area (Å²) in [6.45, 7) is 2.12. The molecule has 0 aliphatic heterocycles. The van der Waals surface area contributed by atoms with E-state index in [9.17, 15) is 0 Å². The van der Waals surface area contributed by atoms with Crippen molar-refractivity contribution in [2.75, 3.05) is 0 Å². The number of halogens is 1. The standard InChI is InChI=1S/C11H9I/c1-8-2-3-10-7-11(12)5-4-9(10)6-8/h2-7H,1H3. The second-order valence-electron chi connectivity index (χ2n) is 2.99. The third-order valence-electron chi connectivity index (χ3n) is 1.96. The number of fused-ring (bicyclic) bond motifs is 1. The van der Waals surface area contributed by atoms with E-state index in [2.05, 4.69) is 65.9 Å². The van der Waals surface area contributed by atoms with E-state index in [0.29, 0.717) is 0 Å². The van der Waals surface area contributed by atoms with Crippen molar-refractivity contribution in [3.05, 3.63) is 45.5 Å². The number of hydrogen-bond donors (Lipinski definition) is 0. The van der Waals surface area contributed by atoms with Crippen LogP contribution in [0.4, 0.5) is 0 Å². The number of benzene rings is 2. The van der Waals surface area contributed by atoms with Crippen LogP contribution < -0.4 is 0 Å². The highest BCUT2D eigenvalue weighted by Crippen LogP contribution is 2.18. The first-order valence-electron chi connectivity index (χ1n) is 3.92. The van der Waals surface area contributed by atoms with Crippen LogP contribution in [0.1, 0.15) is 5.56 Å². The molecule has 2 aromatic carbocycles. The maximum atomic E-state index is 2.34. The second-order valence-corrected chi connectivity index (χ2v) is 4.24. The fourth-order valence-electron chi connectivity index (χ4n) is 1.34. The molecule has 0 bridgehead atoms. The van der Waals surface area contributed by atoms with Gasteiger partial charge in [-0.3, -0.25) is 0 Å². The van der Waals surface area contributed by atoms with E-state index in [0.717, 1.165) is 0 Å². The quantitative estimate of drug-likeness (QED) is 0.638. The van der Waals surface area contributed by atoms with E-state index in [-0.39, 0.29) is 0 Å². The lowest BCUT2D eigenvalue weighted by molar-refractivity contribution is 1.50. The van der Waals surface area contributed by atoms with Gasteiger partial charge in [0.2, 0.25) is 0 Å². The van der Waals surface area contributed by atoms with E-state index < -0.39 is 0 Å². The lowest BCUT2D eigenvalue weighted by atomic mass is 10.1. The summed E-state index contributed by atoms with van der Waals surface area (Å²) in [6.07, 6.45) is 0. The van der Waals surface area contributed by atoms with Crippen LogP contribution in [0.15, 0.2) is 36.4 Å². The molecule has 0 nitrogen and oxygen atoms in total. The molecule has 1 heteroatoms. The van der Waals surface area contributed by atoms with Gasteiger partial charge in [0, 0.05) is 3.57 Å². The molecule has 0 atom stereocenters. The van der Waals surface area contributed by atoms with Crippen LogP contribution in [0, 0.1) is 10.5 Å². The van der Waals surface area contributed by atoms with E-state index in [1.54, 1.807) is 0 Å². The molecule has 12 heavy (non-hydrogen) atoms. The molecule has 2 aromatic rings. The lowest BCUT2D eigenvalue weighted by Gasteiger charge is -1.99. The average Bonchev–Trinajstić information content (AvgIpc) is 2.05. The Balaban J connectivity index is 2.79. The predicted molar refractivity (Wildman–Crippen MR) is 61.4 cm³/mol. The highest BCUT2D eigenvalue weighted by atomic mass is 127. The minimum Gasteiger partial charge on any atom is -0.0587 e. The van der Waals surface area contributed by atoms with E-state index in [1.807, 2.05) is 0 Å². The predicted octanol–water partition coefficient (Wildman–Crippen LogP) is 3.75. The smallest absolute Gasteiger partial charge is 0.0136 e. The maximum Gasteiger partial charge on any atom is 0.0136 e. The Kier molecular flexibility index (Phi) is 2.05. The van der Waals surface area contributed by atoms with E-state index >= 15 is 0 Å². The fraction of sp³-hybridized carbons (Fsp3) is 0.0909. The molecule has 0 aromatic heterocycles. The zero-order valence-electron chi connectivity index (χ0n) is 6.84. The van der Waals surface area contributed by atoms with E-state index in [1.165, 1.54) is 19.9 Å². The van der Waals surface area contributed by atoms with Gasteiger partial charge in [0.1, 0.15) is 0 Å². The van der Waals surface area contributed by atoms with Gasteiger partial charge in [-0.05, 0) is 52.4 Å². The topological polar surface area (TPSA) is 0 Å². The largest absolute Gasteiger partial charge is 0.0587 e. The van der Waals surface area contributed by atoms with Gasteiger partial charge in [0.15, 0.2) is 0 Å². The lowest BCUT2D eigenvalue weighted by Crippen LogP contribution is -1.76. The first-order chi connectivity index (χ1) is 5.75. The van der Waals surface area contributed by atoms with Gasteiger partial charge in [0.05, 0.1) is 0 Å². The summed E-state index contributed by atoms with van der Waals surface area (Å²) >= 11 is 2.34. The van der Waals surface area contributed by atoms with E-state index in [4.69, 9.17) is 0 Å². The fourth-order valence-corrected chi connectivity index (χ4v) is 1.85. The van der Waals surface area contributed by atoms with Gasteiger partial charge >= 0.3 is 0 Å². The van der Waals surface area contributed by atoms with Gasteiger partial charge in [-0.1, -0.05) is 29.8 Å². The van der Waals surface area contributed by atoms with Crippen molar-refractivity contribution < 1.29 is 0 Å². The maximum absolute atomic E-state index is 2.34. The zero-order chi connectivity index (χ0) is 8.55. The van der Waals surface area contributed by atoms with Gasteiger partial charge < -0.3 is 0 Å². The van der Waals surface area contributed by atoms with Crippen LogP contribution >= 0.6 is 22.6 Å². The molecule has 0 amide bonds. The third-order valence-corrected chi connectivity index (χ3v) is 2.63. The monoisotopic (exact) mass is 268 g/mol. The Morgan fingerprint density at radius 1 is 0.917 bits per heavy atom. The Morgan fingerprint density at radius 3 is 2.42 bits per heavy atom.